The molecule has 1 saturated heterocycles. The summed E-state index contributed by atoms with van der Waals surface area (Å²) in [5.41, 5.74) is 0.536. The zero-order chi connectivity index (χ0) is 17.7. The summed E-state index contributed by atoms with van der Waals surface area (Å²) in [5, 5.41) is 0. The van der Waals surface area contributed by atoms with Crippen LogP contribution in [0, 0.1) is 6.92 Å². The Labute approximate surface area is 141 Å². The van der Waals surface area contributed by atoms with Crippen LogP contribution in [0.3, 0.4) is 0 Å². The van der Waals surface area contributed by atoms with E-state index in [4.69, 9.17) is 4.74 Å². The summed E-state index contributed by atoms with van der Waals surface area (Å²) in [6.07, 6.45) is 0.747. The van der Waals surface area contributed by atoms with E-state index in [-0.39, 0.29) is 17.3 Å². The van der Waals surface area contributed by atoms with Crippen LogP contribution in [0.25, 0.3) is 0 Å². The molecule has 0 saturated carbocycles. The van der Waals surface area contributed by atoms with Crippen molar-refractivity contribution in [1.82, 2.24) is 14.5 Å². The maximum absolute atomic E-state index is 12.4. The van der Waals surface area contributed by atoms with Gasteiger partial charge in [0.25, 0.3) is 0 Å². The molecule has 1 fully saturated rings. The van der Waals surface area contributed by atoms with Crippen LogP contribution in [0.2, 0.25) is 0 Å². The van der Waals surface area contributed by atoms with E-state index in [0.29, 0.717) is 37.5 Å². The van der Waals surface area contributed by atoms with E-state index in [1.165, 1.54) is 13.2 Å². The lowest BCUT2D eigenvalue weighted by Crippen LogP contribution is -2.50. The number of hydrogen-bond acceptors (Lipinski definition) is 5. The second-order valence-corrected chi connectivity index (χ2v) is 7.21. The quantitative estimate of drug-likeness (QED) is 0.700. The van der Waals surface area contributed by atoms with E-state index < -0.39 is 10.0 Å². The number of carbonyl (C=O) groups is 2. The van der Waals surface area contributed by atoms with Gasteiger partial charge in [0.05, 0.1) is 18.6 Å². The van der Waals surface area contributed by atoms with Gasteiger partial charge in [0, 0.05) is 26.2 Å². The number of nitrogens with one attached hydrogen (secondary N) is 1. The number of rotatable bonds is 6. The molecule has 1 aliphatic heterocycles. The predicted octanol–water partition coefficient (Wildman–Crippen LogP) is -0.417. The molecule has 0 atom stereocenters. The van der Waals surface area contributed by atoms with E-state index in [2.05, 4.69) is 4.72 Å². The van der Waals surface area contributed by atoms with E-state index >= 15 is 0 Å². The zero-order valence-electron chi connectivity index (χ0n) is 13.7. The molecule has 0 unspecified atom stereocenters. The van der Waals surface area contributed by atoms with Crippen molar-refractivity contribution >= 4 is 22.3 Å². The van der Waals surface area contributed by atoms with Crippen molar-refractivity contribution in [3.05, 3.63) is 23.8 Å². The summed E-state index contributed by atoms with van der Waals surface area (Å²) in [7, 11) is -2.28. The molecular formula is C15H21N3O5S. The lowest BCUT2D eigenvalue weighted by molar-refractivity contribution is -0.134. The van der Waals surface area contributed by atoms with Crippen molar-refractivity contribution in [2.24, 2.45) is 0 Å². The van der Waals surface area contributed by atoms with Crippen LogP contribution in [0.1, 0.15) is 5.56 Å². The number of nitrogens with zero attached hydrogens (tertiary/aromatic N) is 2. The molecule has 1 N–H and O–H groups in total. The number of methoxy groups -OCH3 is 1. The summed E-state index contributed by atoms with van der Waals surface area (Å²) in [5.74, 6) is 0.255. The van der Waals surface area contributed by atoms with Crippen molar-refractivity contribution in [2.45, 2.75) is 11.8 Å². The fraction of sp³-hybridized carbons (Fsp3) is 0.467. The fourth-order valence-electron chi connectivity index (χ4n) is 2.47. The maximum atomic E-state index is 12.4. The highest BCUT2D eigenvalue weighted by atomic mass is 32.2. The minimum absolute atomic E-state index is 0.113. The van der Waals surface area contributed by atoms with E-state index in [9.17, 15) is 18.0 Å². The van der Waals surface area contributed by atoms with E-state index in [0.717, 1.165) is 6.41 Å². The molecule has 1 aromatic rings. The summed E-state index contributed by atoms with van der Waals surface area (Å²) in [6, 6.07) is 4.63. The molecule has 0 aromatic heterocycles. The summed E-state index contributed by atoms with van der Waals surface area (Å²) in [4.78, 5) is 26.0. The van der Waals surface area contributed by atoms with Gasteiger partial charge in [-0.2, -0.15) is 0 Å². The molecule has 2 rings (SSSR count). The number of amides is 2. The molecule has 0 radical (unpaired) electrons. The molecule has 0 aliphatic carbocycles. The lowest BCUT2D eigenvalue weighted by atomic mass is 10.2. The molecule has 8 nitrogen and oxygen atoms in total. The lowest BCUT2D eigenvalue weighted by Gasteiger charge is -2.32. The van der Waals surface area contributed by atoms with Gasteiger partial charge in [-0.15, -0.1) is 0 Å². The zero-order valence-corrected chi connectivity index (χ0v) is 14.5. The number of aryl methyl sites for hydroxylation is 1. The first kappa shape index (κ1) is 18.2. The Kier molecular flexibility index (Phi) is 5.79. The Morgan fingerprint density at radius 3 is 2.50 bits per heavy atom. The molecule has 9 heteroatoms. The van der Waals surface area contributed by atoms with Crippen molar-refractivity contribution in [3.63, 3.8) is 0 Å². The number of hydrogen-bond donors (Lipinski definition) is 1. The number of carbonyl (C=O) groups excluding carboxylic acids is 2. The first-order chi connectivity index (χ1) is 11.4. The Morgan fingerprint density at radius 1 is 1.29 bits per heavy atom. The number of sulfonamides is 1. The Morgan fingerprint density at radius 2 is 1.96 bits per heavy atom. The molecule has 1 heterocycles. The minimum Gasteiger partial charge on any atom is -0.497 e. The van der Waals surface area contributed by atoms with Crippen LogP contribution in [0.5, 0.6) is 5.75 Å². The van der Waals surface area contributed by atoms with Gasteiger partial charge in [-0.25, -0.2) is 13.1 Å². The van der Waals surface area contributed by atoms with Gasteiger partial charge in [0.1, 0.15) is 5.75 Å². The highest BCUT2D eigenvalue weighted by Crippen LogP contribution is 2.20. The topological polar surface area (TPSA) is 96.0 Å². The van der Waals surface area contributed by atoms with Gasteiger partial charge in [-0.05, 0) is 30.7 Å². The Bertz CT molecular complexity index is 712. The SMILES string of the molecule is COc1ccc(S(=O)(=O)NCC(=O)N2CCN(C=O)CC2)c(C)c1. The van der Waals surface area contributed by atoms with Crippen LogP contribution >= 0.6 is 0 Å². The second kappa shape index (κ2) is 7.63. The molecule has 1 aliphatic rings. The van der Waals surface area contributed by atoms with Crippen LogP contribution < -0.4 is 9.46 Å². The molecule has 24 heavy (non-hydrogen) atoms. The molecule has 132 valence electrons. The van der Waals surface area contributed by atoms with Gasteiger partial charge in [-0.1, -0.05) is 0 Å². The third-order valence-corrected chi connectivity index (χ3v) is 5.46. The average molecular weight is 355 g/mol. The first-order valence-corrected chi connectivity index (χ1v) is 8.97. The smallest absolute Gasteiger partial charge is 0.241 e. The summed E-state index contributed by atoms with van der Waals surface area (Å²) >= 11 is 0. The summed E-state index contributed by atoms with van der Waals surface area (Å²) in [6.45, 7) is 3.08. The number of piperazine rings is 1. The highest BCUT2D eigenvalue weighted by molar-refractivity contribution is 7.89. The van der Waals surface area contributed by atoms with Crippen molar-refractivity contribution < 1.29 is 22.7 Å². The second-order valence-electron chi connectivity index (χ2n) is 5.48. The van der Waals surface area contributed by atoms with Crippen molar-refractivity contribution in [1.29, 1.82) is 0 Å². The van der Waals surface area contributed by atoms with Gasteiger partial charge in [-0.3, -0.25) is 9.59 Å². The van der Waals surface area contributed by atoms with Crippen LogP contribution in [0.15, 0.2) is 23.1 Å². The molecule has 0 spiro atoms. The monoisotopic (exact) mass is 355 g/mol. The number of benzene rings is 1. The van der Waals surface area contributed by atoms with Crippen LogP contribution in [0.4, 0.5) is 0 Å². The number of ether oxygens (including phenoxy) is 1. The Balaban J connectivity index is 1.97. The molecular weight excluding hydrogens is 334 g/mol. The van der Waals surface area contributed by atoms with Crippen molar-refractivity contribution in [3.8, 4) is 5.75 Å². The van der Waals surface area contributed by atoms with Gasteiger partial charge in [0.2, 0.25) is 22.3 Å². The molecule has 1 aromatic carbocycles. The van der Waals surface area contributed by atoms with E-state index in [1.54, 1.807) is 28.9 Å². The summed E-state index contributed by atoms with van der Waals surface area (Å²) < 4.78 is 32.1. The van der Waals surface area contributed by atoms with Gasteiger partial charge in [0.15, 0.2) is 0 Å². The third kappa shape index (κ3) is 4.24. The first-order valence-electron chi connectivity index (χ1n) is 7.49. The van der Waals surface area contributed by atoms with Gasteiger partial charge >= 0.3 is 0 Å². The van der Waals surface area contributed by atoms with Gasteiger partial charge < -0.3 is 14.5 Å². The standard InChI is InChI=1S/C15H21N3O5S/c1-12-9-13(23-2)3-4-14(12)24(21,22)16-10-15(20)18-7-5-17(11-19)6-8-18/h3-4,9,11,16H,5-8,10H2,1-2H3. The van der Waals surface area contributed by atoms with Crippen molar-refractivity contribution in [2.75, 3.05) is 39.8 Å². The average Bonchev–Trinajstić information content (AvgIpc) is 2.59. The minimum atomic E-state index is -3.78. The Hall–Kier alpha value is -2.13. The van der Waals surface area contributed by atoms with Crippen LogP contribution in [-0.4, -0.2) is 70.4 Å². The highest BCUT2D eigenvalue weighted by Gasteiger charge is 2.23. The van der Waals surface area contributed by atoms with E-state index in [1.807, 2.05) is 0 Å². The fourth-order valence-corrected chi connectivity index (χ4v) is 3.67. The molecule has 2 amide bonds. The molecule has 0 bridgehead atoms. The normalized spacial score (nSPS) is 15.2. The van der Waals surface area contributed by atoms with Crippen LogP contribution in [-0.2, 0) is 19.6 Å². The third-order valence-electron chi connectivity index (χ3n) is 3.90. The largest absolute Gasteiger partial charge is 0.497 e. The maximum Gasteiger partial charge on any atom is 0.241 e. The predicted molar refractivity (Wildman–Crippen MR) is 87.1 cm³/mol.